The molecule has 3 aromatic rings. The average molecular weight is 396 g/mol. The van der Waals surface area contributed by atoms with Gasteiger partial charge in [0.2, 0.25) is 0 Å². The van der Waals surface area contributed by atoms with E-state index >= 15 is 0 Å². The van der Waals surface area contributed by atoms with Crippen molar-refractivity contribution in [1.29, 1.82) is 0 Å². The fourth-order valence-electron chi connectivity index (χ4n) is 3.10. The highest BCUT2D eigenvalue weighted by atomic mass is 16.5. The first kappa shape index (κ1) is 20.6. The van der Waals surface area contributed by atoms with Gasteiger partial charge in [-0.25, -0.2) is 4.79 Å². The number of hydrogen-bond acceptors (Lipinski definition) is 5. The van der Waals surface area contributed by atoms with Gasteiger partial charge in [0.05, 0.1) is 19.2 Å². The molecule has 29 heavy (non-hydrogen) atoms. The summed E-state index contributed by atoms with van der Waals surface area (Å²) in [4.78, 5) is 14.7. The van der Waals surface area contributed by atoms with E-state index in [9.17, 15) is 4.79 Å². The maximum absolute atomic E-state index is 12.9. The summed E-state index contributed by atoms with van der Waals surface area (Å²) in [5, 5.41) is 8.11. The van der Waals surface area contributed by atoms with Gasteiger partial charge in [-0.3, -0.25) is 0 Å². The highest BCUT2D eigenvalue weighted by Crippen LogP contribution is 2.18. The number of benzene rings is 2. The van der Waals surface area contributed by atoms with Crippen LogP contribution in [0.3, 0.4) is 0 Å². The zero-order valence-electron chi connectivity index (χ0n) is 17.2. The molecule has 7 heteroatoms. The molecule has 154 valence electrons. The van der Waals surface area contributed by atoms with Crippen molar-refractivity contribution in [3.8, 4) is 11.5 Å². The minimum absolute atomic E-state index is 0.136. The maximum Gasteiger partial charge on any atom is 0.346 e. The molecule has 0 aliphatic carbocycles. The largest absolute Gasteiger partial charge is 0.497 e. The number of para-hydroxylation sites is 1. The summed E-state index contributed by atoms with van der Waals surface area (Å²) in [5.74, 6) is 2.08. The van der Waals surface area contributed by atoms with Crippen LogP contribution in [0.4, 0.5) is 4.79 Å². The Hall–Kier alpha value is -3.09. The zero-order chi connectivity index (χ0) is 20.6. The van der Waals surface area contributed by atoms with Crippen molar-refractivity contribution in [3.05, 3.63) is 48.5 Å². The molecule has 0 spiro atoms. The Labute approximate surface area is 171 Å². The van der Waals surface area contributed by atoms with Crippen molar-refractivity contribution < 1.29 is 14.3 Å². The Kier molecular flexibility index (Phi) is 7.05. The summed E-state index contributed by atoms with van der Waals surface area (Å²) in [5.41, 5.74) is 1.46. The second kappa shape index (κ2) is 9.91. The molecular formula is C22H28N4O3. The number of aromatic nitrogens is 3. The van der Waals surface area contributed by atoms with Crippen LogP contribution in [0.5, 0.6) is 11.5 Å². The molecule has 0 saturated carbocycles. The van der Waals surface area contributed by atoms with Crippen LogP contribution >= 0.6 is 0 Å². The molecule has 0 saturated heterocycles. The molecule has 1 amide bonds. The predicted molar refractivity (Wildman–Crippen MR) is 112 cm³/mol. The van der Waals surface area contributed by atoms with Crippen molar-refractivity contribution in [1.82, 2.24) is 19.9 Å². The Morgan fingerprint density at radius 2 is 1.83 bits per heavy atom. The minimum atomic E-state index is -0.136. The van der Waals surface area contributed by atoms with E-state index in [-0.39, 0.29) is 6.03 Å². The number of rotatable bonds is 9. The summed E-state index contributed by atoms with van der Waals surface area (Å²) in [6, 6.07) is 14.9. The third kappa shape index (κ3) is 5.25. The van der Waals surface area contributed by atoms with Crippen LogP contribution in [0.25, 0.3) is 11.0 Å². The van der Waals surface area contributed by atoms with E-state index in [1.807, 2.05) is 60.4 Å². The number of carbonyl (C=O) groups is 1. The number of fused-ring (bicyclic) bond motifs is 1. The van der Waals surface area contributed by atoms with E-state index in [4.69, 9.17) is 9.47 Å². The summed E-state index contributed by atoms with van der Waals surface area (Å²) < 4.78 is 12.3. The van der Waals surface area contributed by atoms with Crippen molar-refractivity contribution >= 4 is 17.1 Å². The maximum atomic E-state index is 12.9. The first-order chi connectivity index (χ1) is 14.1. The Bertz CT molecular complexity index is 923. The van der Waals surface area contributed by atoms with Crippen molar-refractivity contribution in [2.75, 3.05) is 26.8 Å². The van der Waals surface area contributed by atoms with Gasteiger partial charge in [-0.15, -0.1) is 5.10 Å². The van der Waals surface area contributed by atoms with Crippen LogP contribution in [-0.2, 0) is 0 Å². The molecule has 1 aromatic heterocycles. The number of nitrogens with zero attached hydrogens (tertiary/aromatic N) is 4. The molecule has 0 bridgehead atoms. The fraction of sp³-hybridized carbons (Fsp3) is 0.409. The SMILES string of the molecule is CCN(CCC(C)CCOc1ccc(OC)cc1)C(=O)n1nnc2ccccc21. The van der Waals surface area contributed by atoms with E-state index in [1.54, 1.807) is 7.11 Å². The monoisotopic (exact) mass is 396 g/mol. The smallest absolute Gasteiger partial charge is 0.346 e. The quantitative estimate of drug-likeness (QED) is 0.541. The summed E-state index contributed by atoms with van der Waals surface area (Å²) in [6.45, 7) is 6.10. The van der Waals surface area contributed by atoms with E-state index in [0.717, 1.165) is 35.4 Å². The van der Waals surface area contributed by atoms with Gasteiger partial charge in [0.1, 0.15) is 17.0 Å². The van der Waals surface area contributed by atoms with E-state index in [2.05, 4.69) is 17.2 Å². The lowest BCUT2D eigenvalue weighted by Crippen LogP contribution is -2.36. The Morgan fingerprint density at radius 1 is 1.10 bits per heavy atom. The molecule has 0 aliphatic rings. The molecule has 1 heterocycles. The van der Waals surface area contributed by atoms with E-state index in [0.29, 0.717) is 25.6 Å². The molecule has 0 fully saturated rings. The van der Waals surface area contributed by atoms with Gasteiger partial charge >= 0.3 is 6.03 Å². The van der Waals surface area contributed by atoms with Gasteiger partial charge in [-0.05, 0) is 62.1 Å². The average Bonchev–Trinajstić information content (AvgIpc) is 3.18. The van der Waals surface area contributed by atoms with Crippen LogP contribution in [0.15, 0.2) is 48.5 Å². The van der Waals surface area contributed by atoms with Crippen molar-refractivity contribution in [2.24, 2.45) is 5.92 Å². The highest BCUT2D eigenvalue weighted by Gasteiger charge is 2.18. The van der Waals surface area contributed by atoms with Crippen LogP contribution < -0.4 is 9.47 Å². The van der Waals surface area contributed by atoms with Crippen LogP contribution in [0.2, 0.25) is 0 Å². The molecule has 7 nitrogen and oxygen atoms in total. The number of hydrogen-bond donors (Lipinski definition) is 0. The van der Waals surface area contributed by atoms with Gasteiger partial charge in [0, 0.05) is 13.1 Å². The first-order valence-electron chi connectivity index (χ1n) is 9.99. The number of ether oxygens (including phenoxy) is 2. The topological polar surface area (TPSA) is 69.5 Å². The predicted octanol–water partition coefficient (Wildman–Crippen LogP) is 4.23. The lowest BCUT2D eigenvalue weighted by molar-refractivity contribution is 0.193. The molecule has 0 aliphatic heterocycles. The van der Waals surface area contributed by atoms with E-state index < -0.39 is 0 Å². The zero-order valence-corrected chi connectivity index (χ0v) is 17.2. The van der Waals surface area contributed by atoms with Gasteiger partial charge in [-0.2, -0.15) is 4.68 Å². The lowest BCUT2D eigenvalue weighted by atomic mass is 10.0. The normalized spacial score (nSPS) is 12.0. The molecule has 0 radical (unpaired) electrons. The molecule has 1 atom stereocenters. The van der Waals surface area contributed by atoms with Crippen molar-refractivity contribution in [3.63, 3.8) is 0 Å². The van der Waals surface area contributed by atoms with Gasteiger partial charge in [-0.1, -0.05) is 24.3 Å². The Balaban J connectivity index is 1.47. The molecule has 2 aromatic carbocycles. The summed E-state index contributed by atoms with van der Waals surface area (Å²) in [6.07, 6.45) is 1.82. The summed E-state index contributed by atoms with van der Waals surface area (Å²) >= 11 is 0. The minimum Gasteiger partial charge on any atom is -0.497 e. The highest BCUT2D eigenvalue weighted by molar-refractivity contribution is 5.87. The third-order valence-corrected chi connectivity index (χ3v) is 5.02. The van der Waals surface area contributed by atoms with Crippen LogP contribution in [0.1, 0.15) is 26.7 Å². The van der Waals surface area contributed by atoms with Gasteiger partial charge in [0.15, 0.2) is 0 Å². The third-order valence-electron chi connectivity index (χ3n) is 5.02. The first-order valence-corrected chi connectivity index (χ1v) is 9.99. The molecule has 3 rings (SSSR count). The van der Waals surface area contributed by atoms with Crippen LogP contribution in [-0.4, -0.2) is 52.7 Å². The van der Waals surface area contributed by atoms with Crippen molar-refractivity contribution in [2.45, 2.75) is 26.7 Å². The standard InChI is InChI=1S/C22H28N4O3/c1-4-25(22(27)26-21-8-6-5-7-20(21)23-24-26)15-13-17(2)14-16-29-19-11-9-18(28-3)10-12-19/h5-12,17H,4,13-16H2,1-3H3. The lowest BCUT2D eigenvalue weighted by Gasteiger charge is -2.22. The van der Waals surface area contributed by atoms with Gasteiger partial charge < -0.3 is 14.4 Å². The number of carbonyl (C=O) groups excluding carboxylic acids is 1. The second-order valence-corrected chi connectivity index (χ2v) is 7.06. The number of methoxy groups -OCH3 is 1. The molecule has 0 N–H and O–H groups in total. The van der Waals surface area contributed by atoms with Gasteiger partial charge in [0.25, 0.3) is 0 Å². The second-order valence-electron chi connectivity index (χ2n) is 7.06. The Morgan fingerprint density at radius 3 is 2.55 bits per heavy atom. The molecular weight excluding hydrogens is 368 g/mol. The summed E-state index contributed by atoms with van der Waals surface area (Å²) in [7, 11) is 1.65. The van der Waals surface area contributed by atoms with Crippen LogP contribution in [0, 0.1) is 5.92 Å². The molecule has 1 unspecified atom stereocenters. The van der Waals surface area contributed by atoms with E-state index in [1.165, 1.54) is 4.68 Å². The fourth-order valence-corrected chi connectivity index (χ4v) is 3.10. The number of amides is 1.